The number of rotatable bonds is 6. The van der Waals surface area contributed by atoms with Crippen LogP contribution in [0.4, 0.5) is 0 Å². The lowest BCUT2D eigenvalue weighted by Crippen LogP contribution is -2.25. The van der Waals surface area contributed by atoms with Gasteiger partial charge in [0.1, 0.15) is 5.75 Å². The van der Waals surface area contributed by atoms with Crippen LogP contribution in [0, 0.1) is 3.57 Å². The molecule has 6 heteroatoms. The van der Waals surface area contributed by atoms with Crippen LogP contribution in [0.1, 0.15) is 0 Å². The fourth-order valence-corrected chi connectivity index (χ4v) is 2.93. The van der Waals surface area contributed by atoms with E-state index in [4.69, 9.17) is 14.2 Å². The van der Waals surface area contributed by atoms with Crippen molar-refractivity contribution in [3.63, 3.8) is 0 Å². The van der Waals surface area contributed by atoms with Crippen LogP contribution in [-0.4, -0.2) is 26.9 Å². The lowest BCUT2D eigenvalue weighted by molar-refractivity contribution is -0.151. The normalized spacial score (nSPS) is 18.2. The Morgan fingerprint density at radius 3 is 2.67 bits per heavy atom. The predicted molar refractivity (Wildman–Crippen MR) is 91.9 cm³/mol. The number of ether oxygens (including phenoxy) is 3. The number of benzene rings is 1. The quantitative estimate of drug-likeness (QED) is 0.401. The summed E-state index contributed by atoms with van der Waals surface area (Å²) in [5, 5.41) is 0. The molecule has 1 heterocycles. The zero-order chi connectivity index (χ0) is 15.5. The summed E-state index contributed by atoms with van der Waals surface area (Å²) in [5.41, 5.74) is 0. The van der Waals surface area contributed by atoms with E-state index in [1.54, 1.807) is 0 Å². The van der Waals surface area contributed by atoms with Crippen molar-refractivity contribution in [2.75, 3.05) is 6.61 Å². The summed E-state index contributed by atoms with van der Waals surface area (Å²) >= 11 is 2.18. The SMILES string of the molecule is C[Si](C)(C)CCOC1=CC(=O)OC1Oc1ccccc1I. The standard InChI is InChI=1S/C15H19IO4Si/c1-21(2,3)9-8-18-13-10-14(17)20-15(13)19-12-7-5-4-6-11(12)16/h4-7,10,15H,8-9H2,1-3H3. The first-order valence-electron chi connectivity index (χ1n) is 6.81. The molecule has 0 radical (unpaired) electrons. The van der Waals surface area contributed by atoms with Gasteiger partial charge in [-0.25, -0.2) is 4.79 Å². The fraction of sp³-hybridized carbons (Fsp3) is 0.400. The Labute approximate surface area is 139 Å². The van der Waals surface area contributed by atoms with Crippen molar-refractivity contribution in [3.8, 4) is 5.75 Å². The molecular weight excluding hydrogens is 399 g/mol. The maximum absolute atomic E-state index is 11.4. The van der Waals surface area contributed by atoms with Gasteiger partial charge in [0.2, 0.25) is 0 Å². The van der Waals surface area contributed by atoms with Gasteiger partial charge in [-0.15, -0.1) is 0 Å². The molecule has 0 fully saturated rings. The van der Waals surface area contributed by atoms with Gasteiger partial charge in [0, 0.05) is 8.07 Å². The maximum atomic E-state index is 11.4. The lowest BCUT2D eigenvalue weighted by atomic mass is 10.3. The van der Waals surface area contributed by atoms with Crippen LogP contribution in [-0.2, 0) is 14.3 Å². The average Bonchev–Trinajstić information content (AvgIpc) is 2.71. The second-order valence-corrected chi connectivity index (χ2v) is 12.8. The number of carbonyl (C=O) groups is 1. The van der Waals surface area contributed by atoms with Gasteiger partial charge in [0.15, 0.2) is 5.76 Å². The number of para-hydroxylation sites is 1. The average molecular weight is 418 g/mol. The first-order valence-corrected chi connectivity index (χ1v) is 11.6. The van der Waals surface area contributed by atoms with E-state index in [-0.39, 0.29) is 0 Å². The van der Waals surface area contributed by atoms with Crippen LogP contribution in [0.2, 0.25) is 25.7 Å². The molecule has 0 amide bonds. The molecule has 114 valence electrons. The Hall–Kier alpha value is -1.02. The lowest BCUT2D eigenvalue weighted by Gasteiger charge is -2.20. The Morgan fingerprint density at radius 1 is 1.29 bits per heavy atom. The molecule has 4 nitrogen and oxygen atoms in total. The molecule has 0 N–H and O–H groups in total. The van der Waals surface area contributed by atoms with Crippen molar-refractivity contribution in [1.29, 1.82) is 0 Å². The molecule has 1 aromatic rings. The van der Waals surface area contributed by atoms with Gasteiger partial charge in [-0.2, -0.15) is 0 Å². The first kappa shape index (κ1) is 16.3. The monoisotopic (exact) mass is 418 g/mol. The summed E-state index contributed by atoms with van der Waals surface area (Å²) in [6.45, 7) is 7.42. The third-order valence-electron chi connectivity index (χ3n) is 2.91. The molecule has 0 aromatic heterocycles. The number of esters is 1. The zero-order valence-corrected chi connectivity index (χ0v) is 15.5. The molecule has 1 aromatic carbocycles. The van der Waals surface area contributed by atoms with Crippen molar-refractivity contribution >= 4 is 36.6 Å². The summed E-state index contributed by atoms with van der Waals surface area (Å²) < 4.78 is 17.5. The Morgan fingerprint density at radius 2 is 2.00 bits per heavy atom. The Bertz CT molecular complexity index is 551. The molecule has 1 unspecified atom stereocenters. The number of cyclic esters (lactones) is 1. The Kier molecular flexibility index (Phi) is 5.31. The van der Waals surface area contributed by atoms with E-state index < -0.39 is 20.3 Å². The number of carbonyl (C=O) groups excluding carboxylic acids is 1. The Balaban J connectivity index is 1.98. The van der Waals surface area contributed by atoms with E-state index in [0.29, 0.717) is 18.1 Å². The summed E-state index contributed by atoms with van der Waals surface area (Å²) in [7, 11) is -1.17. The zero-order valence-electron chi connectivity index (χ0n) is 12.4. The molecule has 0 bridgehead atoms. The van der Waals surface area contributed by atoms with Gasteiger partial charge in [0.05, 0.1) is 16.3 Å². The van der Waals surface area contributed by atoms with Crippen molar-refractivity contribution in [3.05, 3.63) is 39.7 Å². The summed E-state index contributed by atoms with van der Waals surface area (Å²) in [4.78, 5) is 11.4. The van der Waals surface area contributed by atoms with Crippen LogP contribution in [0.15, 0.2) is 36.1 Å². The highest BCUT2D eigenvalue weighted by Crippen LogP contribution is 2.26. The molecule has 0 aliphatic carbocycles. The molecule has 1 aliphatic heterocycles. The van der Waals surface area contributed by atoms with Crippen LogP contribution < -0.4 is 4.74 Å². The van der Waals surface area contributed by atoms with Crippen LogP contribution in [0.25, 0.3) is 0 Å². The highest BCUT2D eigenvalue weighted by Gasteiger charge is 2.30. The second-order valence-electron chi connectivity index (χ2n) is 6.02. The van der Waals surface area contributed by atoms with E-state index in [9.17, 15) is 4.79 Å². The summed E-state index contributed by atoms with van der Waals surface area (Å²) in [6, 6.07) is 8.60. The van der Waals surface area contributed by atoms with Crippen molar-refractivity contribution in [1.82, 2.24) is 0 Å². The van der Waals surface area contributed by atoms with E-state index in [0.717, 1.165) is 9.61 Å². The van der Waals surface area contributed by atoms with Crippen molar-refractivity contribution in [2.24, 2.45) is 0 Å². The van der Waals surface area contributed by atoms with Gasteiger partial charge in [-0.1, -0.05) is 31.8 Å². The minimum atomic E-state index is -1.17. The van der Waals surface area contributed by atoms with Gasteiger partial charge in [-0.3, -0.25) is 0 Å². The predicted octanol–water partition coefficient (Wildman–Crippen LogP) is 3.79. The van der Waals surface area contributed by atoms with E-state index in [1.807, 2.05) is 24.3 Å². The second kappa shape index (κ2) is 6.82. The van der Waals surface area contributed by atoms with Gasteiger partial charge < -0.3 is 14.2 Å². The minimum Gasteiger partial charge on any atom is -0.490 e. The van der Waals surface area contributed by atoms with Crippen LogP contribution in [0.5, 0.6) is 5.75 Å². The van der Waals surface area contributed by atoms with Crippen molar-refractivity contribution in [2.45, 2.75) is 32.0 Å². The van der Waals surface area contributed by atoms with Gasteiger partial charge >= 0.3 is 12.3 Å². The molecule has 0 saturated heterocycles. The minimum absolute atomic E-state index is 0.422. The summed E-state index contributed by atoms with van der Waals surface area (Å²) in [6.07, 6.45) is 0.583. The number of hydrogen-bond acceptors (Lipinski definition) is 4. The topological polar surface area (TPSA) is 44.8 Å². The highest BCUT2D eigenvalue weighted by atomic mass is 127. The largest absolute Gasteiger partial charge is 0.490 e. The van der Waals surface area contributed by atoms with Crippen LogP contribution in [0.3, 0.4) is 0 Å². The molecule has 0 saturated carbocycles. The molecule has 2 rings (SSSR count). The van der Waals surface area contributed by atoms with Gasteiger partial charge in [-0.05, 0) is 40.8 Å². The number of halogens is 1. The summed E-state index contributed by atoms with van der Waals surface area (Å²) in [5.74, 6) is 0.712. The van der Waals surface area contributed by atoms with Crippen LogP contribution >= 0.6 is 22.6 Å². The van der Waals surface area contributed by atoms with Gasteiger partial charge in [0.25, 0.3) is 0 Å². The smallest absolute Gasteiger partial charge is 0.337 e. The number of hydrogen-bond donors (Lipinski definition) is 0. The highest BCUT2D eigenvalue weighted by molar-refractivity contribution is 14.1. The van der Waals surface area contributed by atoms with E-state index >= 15 is 0 Å². The van der Waals surface area contributed by atoms with E-state index in [1.165, 1.54) is 6.08 Å². The molecule has 1 aliphatic rings. The molecule has 0 spiro atoms. The third kappa shape index (κ3) is 5.03. The van der Waals surface area contributed by atoms with E-state index in [2.05, 4.69) is 42.2 Å². The molecule has 21 heavy (non-hydrogen) atoms. The fourth-order valence-electron chi connectivity index (χ4n) is 1.70. The first-order chi connectivity index (χ1) is 9.85. The van der Waals surface area contributed by atoms with Crippen molar-refractivity contribution < 1.29 is 19.0 Å². The molecule has 1 atom stereocenters. The third-order valence-corrected chi connectivity index (χ3v) is 5.50. The maximum Gasteiger partial charge on any atom is 0.337 e. The molecular formula is C15H19IO4Si.